The van der Waals surface area contributed by atoms with Crippen LogP contribution in [0.15, 0.2) is 23.1 Å². The molecule has 0 radical (unpaired) electrons. The number of rotatable bonds is 5. The van der Waals surface area contributed by atoms with Crippen molar-refractivity contribution >= 4 is 10.0 Å². The largest absolute Gasteiger partial charge is 0.326 e. The molecule has 6 heteroatoms. The second kappa shape index (κ2) is 6.85. The molecule has 0 unspecified atom stereocenters. The zero-order chi connectivity index (χ0) is 15.5. The van der Waals surface area contributed by atoms with Crippen LogP contribution in [0.1, 0.15) is 44.6 Å². The normalized spacial score (nSPS) is 17.3. The van der Waals surface area contributed by atoms with Crippen LogP contribution in [0.2, 0.25) is 0 Å². The number of halogens is 1. The van der Waals surface area contributed by atoms with Gasteiger partial charge in [-0.1, -0.05) is 32.3 Å². The van der Waals surface area contributed by atoms with E-state index in [-0.39, 0.29) is 17.5 Å². The molecule has 1 fully saturated rings. The van der Waals surface area contributed by atoms with Gasteiger partial charge in [0.15, 0.2) is 0 Å². The van der Waals surface area contributed by atoms with Gasteiger partial charge in [-0.05, 0) is 30.5 Å². The molecular formula is C15H23FN2O2S. The minimum absolute atomic E-state index is 0.0115. The molecule has 0 aliphatic heterocycles. The molecule has 0 spiro atoms. The zero-order valence-corrected chi connectivity index (χ0v) is 13.2. The van der Waals surface area contributed by atoms with Gasteiger partial charge in [-0.2, -0.15) is 4.31 Å². The maximum Gasteiger partial charge on any atom is 0.243 e. The summed E-state index contributed by atoms with van der Waals surface area (Å²) in [6.45, 7) is 2.30. The van der Waals surface area contributed by atoms with Gasteiger partial charge < -0.3 is 5.73 Å². The molecule has 0 saturated heterocycles. The summed E-state index contributed by atoms with van der Waals surface area (Å²) in [6, 6.07) is 3.81. The van der Waals surface area contributed by atoms with Gasteiger partial charge in [0.2, 0.25) is 10.0 Å². The first kappa shape index (κ1) is 16.4. The number of hydrogen-bond acceptors (Lipinski definition) is 3. The van der Waals surface area contributed by atoms with E-state index in [1.807, 2.05) is 6.92 Å². The fraction of sp³-hybridized carbons (Fsp3) is 0.600. The van der Waals surface area contributed by atoms with Crippen molar-refractivity contribution in [3.05, 3.63) is 29.6 Å². The van der Waals surface area contributed by atoms with E-state index in [1.165, 1.54) is 16.4 Å². The fourth-order valence-corrected chi connectivity index (χ4v) is 5.00. The predicted molar refractivity (Wildman–Crippen MR) is 80.7 cm³/mol. The minimum atomic E-state index is -3.70. The first-order valence-electron chi connectivity index (χ1n) is 7.51. The van der Waals surface area contributed by atoms with Gasteiger partial charge in [0.05, 0.1) is 4.90 Å². The third-order valence-electron chi connectivity index (χ3n) is 4.13. The van der Waals surface area contributed by atoms with E-state index in [0.29, 0.717) is 12.1 Å². The van der Waals surface area contributed by atoms with Gasteiger partial charge in [0.25, 0.3) is 0 Å². The third-order valence-corrected chi connectivity index (χ3v) is 6.24. The third kappa shape index (κ3) is 3.44. The number of sulfonamides is 1. The van der Waals surface area contributed by atoms with Gasteiger partial charge in [-0.25, -0.2) is 12.8 Å². The van der Waals surface area contributed by atoms with Crippen molar-refractivity contribution in [3.8, 4) is 0 Å². The highest BCUT2D eigenvalue weighted by molar-refractivity contribution is 7.89. The highest BCUT2D eigenvalue weighted by Gasteiger charge is 2.32. The Kier molecular flexibility index (Phi) is 5.35. The summed E-state index contributed by atoms with van der Waals surface area (Å²) in [4.78, 5) is 0.0115. The Balaban J connectivity index is 2.41. The molecule has 2 N–H and O–H groups in total. The van der Waals surface area contributed by atoms with Crippen LogP contribution in [0.3, 0.4) is 0 Å². The highest BCUT2D eigenvalue weighted by atomic mass is 32.2. The molecule has 0 aromatic heterocycles. The van der Waals surface area contributed by atoms with E-state index in [1.54, 1.807) is 0 Å². The molecule has 0 heterocycles. The lowest BCUT2D eigenvalue weighted by molar-refractivity contribution is 0.261. The summed E-state index contributed by atoms with van der Waals surface area (Å²) in [5.41, 5.74) is 6.08. The van der Waals surface area contributed by atoms with Crippen LogP contribution >= 0.6 is 0 Å². The molecule has 1 aromatic carbocycles. The average Bonchev–Trinajstić information content (AvgIpc) is 2.49. The van der Waals surface area contributed by atoms with E-state index in [9.17, 15) is 12.8 Å². The van der Waals surface area contributed by atoms with Gasteiger partial charge >= 0.3 is 0 Å². The van der Waals surface area contributed by atoms with Crippen molar-refractivity contribution in [1.82, 2.24) is 4.31 Å². The van der Waals surface area contributed by atoms with Crippen molar-refractivity contribution in [2.75, 3.05) is 6.54 Å². The van der Waals surface area contributed by atoms with Gasteiger partial charge in [-0.3, -0.25) is 0 Å². The lowest BCUT2D eigenvalue weighted by Crippen LogP contribution is -2.41. The van der Waals surface area contributed by atoms with Crippen molar-refractivity contribution in [3.63, 3.8) is 0 Å². The smallest absolute Gasteiger partial charge is 0.243 e. The molecular weight excluding hydrogens is 291 g/mol. The number of benzene rings is 1. The molecule has 1 aromatic rings. The number of nitrogens with two attached hydrogens (primary N) is 1. The first-order valence-corrected chi connectivity index (χ1v) is 8.95. The van der Waals surface area contributed by atoms with Crippen molar-refractivity contribution in [2.45, 2.75) is 56.5 Å². The van der Waals surface area contributed by atoms with Crippen LogP contribution in [0.5, 0.6) is 0 Å². The summed E-state index contributed by atoms with van der Waals surface area (Å²) in [7, 11) is -3.70. The molecule has 0 amide bonds. The van der Waals surface area contributed by atoms with Crippen LogP contribution in [-0.2, 0) is 16.6 Å². The van der Waals surface area contributed by atoms with E-state index in [4.69, 9.17) is 5.73 Å². The number of hydrogen-bond donors (Lipinski definition) is 1. The Labute approximate surface area is 126 Å². The standard InChI is InChI=1S/C15H23FN2O2S/c1-2-18(14-6-4-3-5-7-14)21(19,20)15-10-13(16)9-8-12(15)11-17/h8-10,14H,2-7,11,17H2,1H3. The molecule has 0 atom stereocenters. The van der Waals surface area contributed by atoms with Crippen molar-refractivity contribution < 1.29 is 12.8 Å². The highest BCUT2D eigenvalue weighted by Crippen LogP contribution is 2.29. The lowest BCUT2D eigenvalue weighted by atomic mass is 9.95. The van der Waals surface area contributed by atoms with Gasteiger partial charge in [0.1, 0.15) is 5.82 Å². The van der Waals surface area contributed by atoms with Crippen LogP contribution in [0.4, 0.5) is 4.39 Å². The molecule has 21 heavy (non-hydrogen) atoms. The molecule has 0 bridgehead atoms. The van der Waals surface area contributed by atoms with E-state index in [0.717, 1.165) is 38.2 Å². The van der Waals surface area contributed by atoms with Crippen LogP contribution in [-0.4, -0.2) is 25.3 Å². The van der Waals surface area contributed by atoms with Crippen molar-refractivity contribution in [2.24, 2.45) is 5.73 Å². The second-order valence-electron chi connectivity index (χ2n) is 5.46. The number of nitrogens with zero attached hydrogens (tertiary/aromatic N) is 1. The van der Waals surface area contributed by atoms with E-state index < -0.39 is 15.8 Å². The van der Waals surface area contributed by atoms with Gasteiger partial charge in [0, 0.05) is 19.1 Å². The van der Waals surface area contributed by atoms with Crippen LogP contribution < -0.4 is 5.73 Å². The Hall–Kier alpha value is -0.980. The topological polar surface area (TPSA) is 63.4 Å². The van der Waals surface area contributed by atoms with Crippen molar-refractivity contribution in [1.29, 1.82) is 0 Å². The van der Waals surface area contributed by atoms with Gasteiger partial charge in [-0.15, -0.1) is 0 Å². The Morgan fingerprint density at radius 2 is 1.95 bits per heavy atom. The van der Waals surface area contributed by atoms with E-state index >= 15 is 0 Å². The molecule has 118 valence electrons. The Bertz CT molecular complexity index is 583. The van der Waals surface area contributed by atoms with E-state index in [2.05, 4.69) is 0 Å². The predicted octanol–water partition coefficient (Wildman–Crippen LogP) is 2.63. The average molecular weight is 314 g/mol. The Morgan fingerprint density at radius 3 is 2.52 bits per heavy atom. The molecule has 2 rings (SSSR count). The molecule has 1 aliphatic rings. The quantitative estimate of drug-likeness (QED) is 0.908. The fourth-order valence-electron chi connectivity index (χ4n) is 3.06. The molecule has 4 nitrogen and oxygen atoms in total. The summed E-state index contributed by atoms with van der Waals surface area (Å²) in [5, 5.41) is 0. The second-order valence-corrected chi connectivity index (χ2v) is 7.32. The maximum absolute atomic E-state index is 13.5. The summed E-state index contributed by atoms with van der Waals surface area (Å²) in [5.74, 6) is -0.550. The Morgan fingerprint density at radius 1 is 1.29 bits per heavy atom. The monoisotopic (exact) mass is 314 g/mol. The maximum atomic E-state index is 13.5. The first-order chi connectivity index (χ1) is 10.0. The summed E-state index contributed by atoms with van der Waals surface area (Å²) >= 11 is 0. The molecule has 1 aliphatic carbocycles. The molecule has 1 saturated carbocycles. The van der Waals surface area contributed by atoms with Crippen LogP contribution in [0.25, 0.3) is 0 Å². The summed E-state index contributed by atoms with van der Waals surface area (Å²) < 4.78 is 40.8. The van der Waals surface area contributed by atoms with Crippen LogP contribution in [0, 0.1) is 5.82 Å². The minimum Gasteiger partial charge on any atom is -0.326 e. The zero-order valence-electron chi connectivity index (χ0n) is 12.4. The SMILES string of the molecule is CCN(C1CCCCC1)S(=O)(=O)c1cc(F)ccc1CN. The lowest BCUT2D eigenvalue weighted by Gasteiger charge is -2.33. The summed E-state index contributed by atoms with van der Waals surface area (Å²) in [6.07, 6.45) is 5.00.